The van der Waals surface area contributed by atoms with Crippen LogP contribution in [0.5, 0.6) is 0 Å². The molecule has 2 aromatic carbocycles. The lowest BCUT2D eigenvalue weighted by atomic mass is 9.76. The summed E-state index contributed by atoms with van der Waals surface area (Å²) < 4.78 is 59.0. The van der Waals surface area contributed by atoms with Gasteiger partial charge < -0.3 is 23.7 Å². The molecular weight excluding hydrogens is 544 g/mol. The molecular formula is C28H34O11S. The van der Waals surface area contributed by atoms with E-state index in [4.69, 9.17) is 27.9 Å². The van der Waals surface area contributed by atoms with Gasteiger partial charge in [0, 0.05) is 27.2 Å². The fourth-order valence-electron chi connectivity index (χ4n) is 4.68. The van der Waals surface area contributed by atoms with Crippen molar-refractivity contribution in [3.05, 3.63) is 71.8 Å². The zero-order valence-electron chi connectivity index (χ0n) is 22.8. The Hall–Kier alpha value is -3.32. The molecule has 0 radical (unpaired) electrons. The van der Waals surface area contributed by atoms with Gasteiger partial charge in [-0.05, 0) is 11.1 Å². The molecule has 5 atom stereocenters. The van der Waals surface area contributed by atoms with E-state index in [-0.39, 0.29) is 26.2 Å². The van der Waals surface area contributed by atoms with Crippen molar-refractivity contribution in [1.29, 1.82) is 0 Å². The Balaban J connectivity index is 2.08. The SMILES string of the molecule is CC(=O)O[C@@H]1[C@@H](OCc2ccccc2)[C@H](OC(C)=O)[C@](COCc2ccccc2)(OC(C)=O)C[C@H]1OS(C)(=O)=O. The van der Waals surface area contributed by atoms with E-state index < -0.39 is 58.0 Å². The number of hydrogen-bond acceptors (Lipinski definition) is 11. The maximum Gasteiger partial charge on any atom is 0.303 e. The number of ether oxygens (including phenoxy) is 5. The van der Waals surface area contributed by atoms with Crippen molar-refractivity contribution in [1.82, 2.24) is 0 Å². The van der Waals surface area contributed by atoms with Crippen molar-refractivity contribution in [3.8, 4) is 0 Å². The fraction of sp³-hybridized carbons (Fsp3) is 0.464. The molecule has 0 aromatic heterocycles. The first-order chi connectivity index (χ1) is 18.9. The minimum atomic E-state index is -4.10. The third-order valence-corrected chi connectivity index (χ3v) is 6.63. The number of rotatable bonds is 12. The van der Waals surface area contributed by atoms with Crippen molar-refractivity contribution < 1.29 is 50.7 Å². The Kier molecular flexibility index (Phi) is 10.8. The second kappa shape index (κ2) is 13.8. The van der Waals surface area contributed by atoms with Crippen LogP contribution in [0.2, 0.25) is 0 Å². The minimum Gasteiger partial charge on any atom is -0.457 e. The van der Waals surface area contributed by atoms with E-state index in [0.717, 1.165) is 38.2 Å². The smallest absolute Gasteiger partial charge is 0.303 e. The molecule has 11 nitrogen and oxygen atoms in total. The highest BCUT2D eigenvalue weighted by Crippen LogP contribution is 2.40. The third-order valence-electron chi connectivity index (χ3n) is 6.04. The largest absolute Gasteiger partial charge is 0.457 e. The molecule has 0 aliphatic heterocycles. The van der Waals surface area contributed by atoms with Crippen LogP contribution in [0, 0.1) is 0 Å². The van der Waals surface area contributed by atoms with Crippen molar-refractivity contribution in [2.24, 2.45) is 0 Å². The van der Waals surface area contributed by atoms with E-state index in [1.165, 1.54) is 0 Å². The Bertz CT molecular complexity index is 1250. The van der Waals surface area contributed by atoms with Crippen LogP contribution in [0.3, 0.4) is 0 Å². The highest BCUT2D eigenvalue weighted by atomic mass is 32.2. The van der Waals surface area contributed by atoms with Crippen molar-refractivity contribution in [2.45, 2.75) is 70.4 Å². The quantitative estimate of drug-likeness (QED) is 0.209. The summed E-state index contributed by atoms with van der Waals surface area (Å²) in [6.07, 6.45) is -4.90. The zero-order valence-corrected chi connectivity index (χ0v) is 23.6. The van der Waals surface area contributed by atoms with Crippen LogP contribution in [0.1, 0.15) is 38.3 Å². The van der Waals surface area contributed by atoms with Crippen LogP contribution in [-0.2, 0) is 65.6 Å². The van der Waals surface area contributed by atoms with E-state index >= 15 is 0 Å². The third kappa shape index (κ3) is 9.12. The lowest BCUT2D eigenvalue weighted by Crippen LogP contribution is -2.68. The Morgan fingerprint density at radius 2 is 1.35 bits per heavy atom. The van der Waals surface area contributed by atoms with E-state index in [1.807, 2.05) is 36.4 Å². The molecule has 218 valence electrons. The van der Waals surface area contributed by atoms with Crippen LogP contribution in [-0.4, -0.2) is 69.2 Å². The Morgan fingerprint density at radius 3 is 1.85 bits per heavy atom. The average Bonchev–Trinajstić information content (AvgIpc) is 2.86. The molecule has 0 saturated heterocycles. The first-order valence-electron chi connectivity index (χ1n) is 12.6. The van der Waals surface area contributed by atoms with Gasteiger partial charge in [-0.25, -0.2) is 0 Å². The summed E-state index contributed by atoms with van der Waals surface area (Å²) in [6.45, 7) is 3.22. The highest BCUT2D eigenvalue weighted by molar-refractivity contribution is 7.86. The lowest BCUT2D eigenvalue weighted by Gasteiger charge is -2.50. The van der Waals surface area contributed by atoms with Gasteiger partial charge in [-0.3, -0.25) is 18.6 Å². The van der Waals surface area contributed by atoms with Gasteiger partial charge in [-0.2, -0.15) is 8.42 Å². The Labute approximate surface area is 233 Å². The summed E-state index contributed by atoms with van der Waals surface area (Å²) >= 11 is 0. The van der Waals surface area contributed by atoms with Gasteiger partial charge in [0.15, 0.2) is 17.8 Å². The van der Waals surface area contributed by atoms with E-state index in [9.17, 15) is 22.8 Å². The molecule has 1 saturated carbocycles. The van der Waals surface area contributed by atoms with E-state index in [1.54, 1.807) is 24.3 Å². The van der Waals surface area contributed by atoms with Gasteiger partial charge in [-0.15, -0.1) is 0 Å². The topological polar surface area (TPSA) is 141 Å². The number of carbonyl (C=O) groups excluding carboxylic acids is 3. The van der Waals surface area contributed by atoms with Crippen LogP contribution < -0.4 is 0 Å². The number of benzene rings is 2. The zero-order chi connectivity index (χ0) is 29.3. The maximum atomic E-state index is 12.4. The van der Waals surface area contributed by atoms with E-state index in [2.05, 4.69) is 0 Å². The van der Waals surface area contributed by atoms with Crippen LogP contribution in [0.25, 0.3) is 0 Å². The summed E-state index contributed by atoms with van der Waals surface area (Å²) in [5.41, 5.74) is -0.214. The molecule has 0 spiro atoms. The molecule has 12 heteroatoms. The molecule has 3 rings (SSSR count). The monoisotopic (exact) mass is 578 g/mol. The molecule has 1 fully saturated rings. The van der Waals surface area contributed by atoms with Crippen LogP contribution in [0.15, 0.2) is 60.7 Å². The van der Waals surface area contributed by atoms with Gasteiger partial charge in [0.1, 0.15) is 12.2 Å². The summed E-state index contributed by atoms with van der Waals surface area (Å²) in [5.74, 6) is -2.23. The van der Waals surface area contributed by atoms with Gasteiger partial charge >= 0.3 is 17.9 Å². The van der Waals surface area contributed by atoms with Gasteiger partial charge in [0.05, 0.1) is 26.1 Å². The first kappa shape index (κ1) is 31.2. The molecule has 2 aromatic rings. The molecule has 1 aliphatic carbocycles. The second-order valence-electron chi connectivity index (χ2n) is 9.55. The van der Waals surface area contributed by atoms with Gasteiger partial charge in [0.2, 0.25) is 0 Å². The molecule has 1 aliphatic rings. The first-order valence-corrected chi connectivity index (χ1v) is 14.4. The predicted molar refractivity (Wildman–Crippen MR) is 141 cm³/mol. The summed E-state index contributed by atoms with van der Waals surface area (Å²) in [4.78, 5) is 36.9. The molecule has 0 amide bonds. The molecule has 0 heterocycles. The molecule has 0 bridgehead atoms. The standard InChI is InChI=1S/C28H34O11S/c1-19(29)36-25-24(39-40(4,32)33)15-28(38-21(3)31,18-34-16-22-11-7-5-8-12-22)27(37-20(2)30)26(25)35-17-23-13-9-6-10-14-23/h5-14,24-27H,15-18H2,1-4H3/t24-,25+,26-,27+,28+/m1/s1. The summed E-state index contributed by atoms with van der Waals surface area (Å²) in [5, 5.41) is 0. The molecule has 40 heavy (non-hydrogen) atoms. The maximum absolute atomic E-state index is 12.4. The van der Waals surface area contributed by atoms with Crippen LogP contribution in [0.4, 0.5) is 0 Å². The minimum absolute atomic E-state index is 0.0341. The van der Waals surface area contributed by atoms with Crippen molar-refractivity contribution >= 4 is 28.0 Å². The van der Waals surface area contributed by atoms with Crippen molar-refractivity contribution in [3.63, 3.8) is 0 Å². The fourth-order valence-corrected chi connectivity index (χ4v) is 5.31. The molecule has 0 unspecified atom stereocenters. The lowest BCUT2D eigenvalue weighted by molar-refractivity contribution is -0.263. The summed E-state index contributed by atoms with van der Waals surface area (Å²) in [7, 11) is -4.10. The van der Waals surface area contributed by atoms with Crippen LogP contribution >= 0.6 is 0 Å². The van der Waals surface area contributed by atoms with E-state index in [0.29, 0.717) is 0 Å². The molecule has 0 N–H and O–H groups in total. The number of hydrogen-bond donors (Lipinski definition) is 0. The highest BCUT2D eigenvalue weighted by Gasteiger charge is 2.61. The predicted octanol–water partition coefficient (Wildman–Crippen LogP) is 2.70. The summed E-state index contributed by atoms with van der Waals surface area (Å²) in [6, 6.07) is 18.2. The Morgan fingerprint density at radius 1 is 0.800 bits per heavy atom. The number of carbonyl (C=O) groups is 3. The van der Waals surface area contributed by atoms with Gasteiger partial charge in [-0.1, -0.05) is 60.7 Å². The van der Waals surface area contributed by atoms with Crippen molar-refractivity contribution in [2.75, 3.05) is 12.9 Å². The second-order valence-corrected chi connectivity index (χ2v) is 11.1. The average molecular weight is 579 g/mol. The normalized spacial score (nSPS) is 24.6. The van der Waals surface area contributed by atoms with Gasteiger partial charge in [0.25, 0.3) is 10.1 Å². The number of esters is 3.